The van der Waals surface area contributed by atoms with Crippen molar-refractivity contribution in [1.82, 2.24) is 15.1 Å². The average Bonchev–Trinajstić information content (AvgIpc) is 3.27. The van der Waals surface area contributed by atoms with Gasteiger partial charge in [0.25, 0.3) is 0 Å². The van der Waals surface area contributed by atoms with E-state index in [9.17, 15) is 4.79 Å². The second-order valence-electron chi connectivity index (χ2n) is 9.11. The highest BCUT2D eigenvalue weighted by Crippen LogP contribution is 2.44. The Kier molecular flexibility index (Phi) is 6.72. The molecular weight excluding hydrogens is 437 g/mol. The predicted octanol–water partition coefficient (Wildman–Crippen LogP) is 4.38. The van der Waals surface area contributed by atoms with Gasteiger partial charge in [0.2, 0.25) is 0 Å². The normalized spacial score (nSPS) is 20.4. The van der Waals surface area contributed by atoms with E-state index in [1.54, 1.807) is 14.0 Å². The molecule has 7 nitrogen and oxygen atoms in total. The van der Waals surface area contributed by atoms with Gasteiger partial charge in [0.1, 0.15) is 11.4 Å². The molecule has 180 valence electrons. The number of benzene rings is 2. The summed E-state index contributed by atoms with van der Waals surface area (Å²) in [5.41, 5.74) is 3.28. The van der Waals surface area contributed by atoms with Crippen molar-refractivity contribution in [2.45, 2.75) is 38.0 Å². The molecule has 0 amide bonds. The lowest BCUT2D eigenvalue weighted by Gasteiger charge is -2.45. The number of carbonyl (C=O) groups is 1. The predicted molar refractivity (Wildman–Crippen MR) is 129 cm³/mol. The quantitative estimate of drug-likeness (QED) is 0.478. The number of carboxylic acid groups (broad SMARTS) is 1. The summed E-state index contributed by atoms with van der Waals surface area (Å²) in [5, 5.41) is 17.3. The zero-order valence-corrected chi connectivity index (χ0v) is 19.8. The second-order valence-corrected chi connectivity index (χ2v) is 9.11. The number of hydrogen-bond acceptors (Lipinski definition) is 5. The third-order valence-corrected chi connectivity index (χ3v) is 6.39. The summed E-state index contributed by atoms with van der Waals surface area (Å²) in [4.78, 5) is 13.1. The summed E-state index contributed by atoms with van der Waals surface area (Å²) in [6.45, 7) is 3.84. The largest absolute Gasteiger partial charge is 0.496 e. The molecule has 1 aliphatic rings. The van der Waals surface area contributed by atoms with Crippen LogP contribution in [0.3, 0.4) is 0 Å². The van der Waals surface area contributed by atoms with Crippen LogP contribution < -0.4 is 4.74 Å². The van der Waals surface area contributed by atoms with E-state index in [-0.39, 0.29) is 25.2 Å². The first-order valence-corrected chi connectivity index (χ1v) is 11.2. The first-order chi connectivity index (χ1) is 16.2. The Morgan fingerprint density at radius 1 is 1.32 bits per heavy atom. The molecule has 0 aliphatic carbocycles. The Morgan fingerprint density at radius 2 is 2.09 bits per heavy atom. The summed E-state index contributed by atoms with van der Waals surface area (Å²) in [7, 11) is 3.09. The molecule has 1 unspecified atom stereocenters. The van der Waals surface area contributed by atoms with E-state index in [1.165, 1.54) is 18.7 Å². The number of nitrogens with zero attached hydrogens (tertiary/aromatic N) is 2. The van der Waals surface area contributed by atoms with E-state index in [0.29, 0.717) is 11.3 Å². The van der Waals surface area contributed by atoms with Crippen LogP contribution in [0.2, 0.25) is 0 Å². The molecule has 2 heterocycles. The van der Waals surface area contributed by atoms with Crippen molar-refractivity contribution in [3.8, 4) is 5.75 Å². The van der Waals surface area contributed by atoms with Gasteiger partial charge in [0, 0.05) is 36.7 Å². The van der Waals surface area contributed by atoms with Crippen LogP contribution in [0, 0.1) is 0 Å². The van der Waals surface area contributed by atoms with Crippen molar-refractivity contribution < 1.29 is 23.8 Å². The van der Waals surface area contributed by atoms with Gasteiger partial charge >= 0.3 is 5.97 Å². The first kappa shape index (κ1) is 23.9. The zero-order valence-electron chi connectivity index (χ0n) is 19.8. The number of aliphatic carboxylic acids is 1. The second kappa shape index (κ2) is 9.56. The van der Waals surface area contributed by atoms with Crippen LogP contribution in [0.4, 0.5) is 4.39 Å². The number of ether oxygens (including phenoxy) is 2. The number of methoxy groups -OCH3 is 2. The first-order valence-electron chi connectivity index (χ1n) is 11.2. The molecule has 0 saturated heterocycles. The number of rotatable bonds is 8. The van der Waals surface area contributed by atoms with Gasteiger partial charge in [-0.1, -0.05) is 18.2 Å². The Hall–Kier alpha value is -3.23. The van der Waals surface area contributed by atoms with Crippen molar-refractivity contribution in [3.63, 3.8) is 0 Å². The molecule has 8 heteroatoms. The van der Waals surface area contributed by atoms with Crippen LogP contribution >= 0.6 is 0 Å². The van der Waals surface area contributed by atoms with Gasteiger partial charge in [-0.15, -0.1) is 0 Å². The van der Waals surface area contributed by atoms with E-state index in [1.807, 2.05) is 30.5 Å². The van der Waals surface area contributed by atoms with Gasteiger partial charge in [-0.25, -0.2) is 9.18 Å². The molecule has 3 atom stereocenters. The Morgan fingerprint density at radius 3 is 2.79 bits per heavy atom. The fourth-order valence-electron chi connectivity index (χ4n) is 4.97. The average molecular weight is 468 g/mol. The van der Waals surface area contributed by atoms with E-state index in [4.69, 9.17) is 14.6 Å². The molecule has 0 radical (unpaired) electrons. The molecule has 3 aromatic rings. The number of hydrogen-bond donors (Lipinski definition) is 2. The van der Waals surface area contributed by atoms with Gasteiger partial charge in [-0.05, 0) is 55.2 Å². The Labute approximate surface area is 198 Å². The maximum absolute atomic E-state index is 15.5. The van der Waals surface area contributed by atoms with E-state index < -0.39 is 11.6 Å². The summed E-state index contributed by atoms with van der Waals surface area (Å²) in [5.74, 6) is -0.407. The SMILES string of the molecule is COCC(C)(F)CN1[C@H](c2ccc(/C=C/C(=O)O)cc2OC)c2ccc3[nH]ncc3c2C[C@H]1C. The lowest BCUT2D eigenvalue weighted by Crippen LogP contribution is -2.50. The molecule has 0 saturated carbocycles. The number of fused-ring (bicyclic) bond motifs is 3. The van der Waals surface area contributed by atoms with Crippen LogP contribution in [0.5, 0.6) is 5.75 Å². The monoisotopic (exact) mass is 467 g/mol. The highest BCUT2D eigenvalue weighted by molar-refractivity contribution is 5.85. The molecule has 0 spiro atoms. The minimum atomic E-state index is -1.55. The Bertz CT molecular complexity index is 1220. The molecule has 0 fully saturated rings. The van der Waals surface area contributed by atoms with Crippen molar-refractivity contribution in [2.75, 3.05) is 27.4 Å². The highest BCUT2D eigenvalue weighted by Gasteiger charge is 2.40. The number of halogens is 1. The molecule has 34 heavy (non-hydrogen) atoms. The molecule has 2 aromatic carbocycles. The number of alkyl halides is 1. The summed E-state index contributed by atoms with van der Waals surface area (Å²) >= 11 is 0. The molecule has 1 aliphatic heterocycles. The summed E-state index contributed by atoms with van der Waals surface area (Å²) in [6.07, 6.45) is 5.21. The third kappa shape index (κ3) is 4.69. The summed E-state index contributed by atoms with van der Waals surface area (Å²) < 4.78 is 26.4. The summed E-state index contributed by atoms with van der Waals surface area (Å²) in [6, 6.07) is 9.45. The highest BCUT2D eigenvalue weighted by atomic mass is 19.1. The lowest BCUT2D eigenvalue weighted by atomic mass is 9.82. The molecular formula is C26H30FN3O4. The van der Waals surface area contributed by atoms with Gasteiger partial charge in [0.05, 0.1) is 31.5 Å². The number of H-pyrrole nitrogens is 1. The van der Waals surface area contributed by atoms with E-state index >= 15 is 4.39 Å². The minimum Gasteiger partial charge on any atom is -0.496 e. The fraction of sp³-hybridized carbons (Fsp3) is 0.385. The van der Waals surface area contributed by atoms with Gasteiger partial charge < -0.3 is 14.6 Å². The standard InChI is InChI=1S/C26H30FN3O4/c1-16-11-20-18(8-9-22-21(20)13-28-29-22)25(30(16)14-26(2,27)15-33-3)19-7-5-17(6-10-24(31)32)12-23(19)34-4/h5-10,12-13,16,25H,11,14-15H2,1-4H3,(H,28,29)(H,31,32)/b10-6+/t16-,25+,26?/m1/s1. The topological polar surface area (TPSA) is 87.7 Å². The molecule has 0 bridgehead atoms. The minimum absolute atomic E-state index is 0.00732. The maximum Gasteiger partial charge on any atom is 0.328 e. The zero-order chi connectivity index (χ0) is 24.5. The number of aromatic nitrogens is 2. The van der Waals surface area contributed by atoms with Crippen molar-refractivity contribution >= 4 is 22.9 Å². The molecule has 1 aromatic heterocycles. The van der Waals surface area contributed by atoms with Crippen molar-refractivity contribution in [2.24, 2.45) is 0 Å². The number of carboxylic acids is 1. The van der Waals surface area contributed by atoms with Crippen LogP contribution in [0.15, 0.2) is 42.6 Å². The fourth-order valence-corrected chi connectivity index (χ4v) is 4.97. The van der Waals surface area contributed by atoms with Crippen LogP contribution in [0.25, 0.3) is 17.0 Å². The smallest absolute Gasteiger partial charge is 0.328 e. The van der Waals surface area contributed by atoms with Crippen LogP contribution in [0.1, 0.15) is 42.1 Å². The van der Waals surface area contributed by atoms with Gasteiger partial charge in [-0.3, -0.25) is 10.00 Å². The van der Waals surface area contributed by atoms with Crippen molar-refractivity contribution in [3.05, 3.63) is 64.9 Å². The molecule has 2 N–H and O–H groups in total. The maximum atomic E-state index is 15.5. The molecule has 4 rings (SSSR count). The van der Waals surface area contributed by atoms with Crippen LogP contribution in [-0.4, -0.2) is 65.3 Å². The third-order valence-electron chi connectivity index (χ3n) is 6.39. The van der Waals surface area contributed by atoms with Crippen LogP contribution in [-0.2, 0) is 16.0 Å². The van der Waals surface area contributed by atoms with E-state index in [2.05, 4.69) is 28.1 Å². The number of aromatic amines is 1. The van der Waals surface area contributed by atoms with Gasteiger partial charge in [0.15, 0.2) is 0 Å². The van der Waals surface area contributed by atoms with E-state index in [0.717, 1.165) is 34.5 Å². The number of nitrogens with one attached hydrogen (secondary N) is 1. The van der Waals surface area contributed by atoms with Gasteiger partial charge in [-0.2, -0.15) is 5.10 Å². The van der Waals surface area contributed by atoms with Crippen molar-refractivity contribution in [1.29, 1.82) is 0 Å². The Balaban J connectivity index is 1.87. The lowest BCUT2D eigenvalue weighted by molar-refractivity contribution is -0.131.